The van der Waals surface area contributed by atoms with Crippen molar-refractivity contribution in [1.29, 1.82) is 0 Å². The molecule has 0 saturated heterocycles. The molecule has 0 aliphatic heterocycles. The van der Waals surface area contributed by atoms with Crippen molar-refractivity contribution in [2.45, 2.75) is 19.9 Å². The fourth-order valence-corrected chi connectivity index (χ4v) is 4.18. The Morgan fingerprint density at radius 1 is 0.800 bits per heavy atom. The van der Waals surface area contributed by atoms with E-state index in [9.17, 15) is 14.4 Å². The minimum absolute atomic E-state index is 0.0759. The van der Waals surface area contributed by atoms with Gasteiger partial charge in [0.05, 0.1) is 11.7 Å². The number of carbonyl (C=O) groups excluding carboxylic acids is 3. The Morgan fingerprint density at radius 3 is 2.09 bits per heavy atom. The molecule has 0 saturated carbocycles. The second kappa shape index (κ2) is 10.8. The number of carbonyl (C=O) groups is 3. The van der Waals surface area contributed by atoms with Crippen molar-refractivity contribution in [3.8, 4) is 11.3 Å². The van der Waals surface area contributed by atoms with Gasteiger partial charge in [0.2, 0.25) is 5.91 Å². The van der Waals surface area contributed by atoms with Gasteiger partial charge in [-0.05, 0) is 48.9 Å². The highest BCUT2D eigenvalue weighted by Crippen LogP contribution is 2.26. The fraction of sp³-hybridized carbons (Fsp3) is 0.111. The molecule has 4 aromatic rings. The van der Waals surface area contributed by atoms with Crippen molar-refractivity contribution in [2.24, 2.45) is 0 Å². The van der Waals surface area contributed by atoms with Crippen LogP contribution in [-0.4, -0.2) is 22.7 Å². The van der Waals surface area contributed by atoms with E-state index in [0.29, 0.717) is 21.9 Å². The van der Waals surface area contributed by atoms with Gasteiger partial charge in [0.25, 0.3) is 11.8 Å². The smallest absolute Gasteiger partial charge is 0.257 e. The summed E-state index contributed by atoms with van der Waals surface area (Å²) in [6.07, 6.45) is 0. The lowest BCUT2D eigenvalue weighted by atomic mass is 10.1. The van der Waals surface area contributed by atoms with E-state index in [0.717, 1.165) is 16.8 Å². The molecule has 176 valence electrons. The largest absolute Gasteiger partial charge is 0.350 e. The van der Waals surface area contributed by atoms with Crippen molar-refractivity contribution < 1.29 is 14.4 Å². The average Bonchev–Trinajstić information content (AvgIpc) is 3.33. The Kier molecular flexibility index (Phi) is 7.32. The third-order valence-electron chi connectivity index (χ3n) is 5.29. The van der Waals surface area contributed by atoms with Gasteiger partial charge in [0.15, 0.2) is 5.13 Å². The fourth-order valence-electron chi connectivity index (χ4n) is 3.46. The molecule has 3 N–H and O–H groups in total. The number of aromatic nitrogens is 1. The standard InChI is InChI=1S/C27H24N4O3S/c1-17(28-18(2)32)19-8-10-20(11-9-19)24-16-35-27(30-24)31-26(34)22-12-14-23(15-13-22)29-25(33)21-6-4-3-5-7-21/h3-17H,1-2H3,(H,28,32)(H,29,33)(H,30,31,34). The van der Waals surface area contributed by atoms with Crippen molar-refractivity contribution >= 4 is 39.9 Å². The monoisotopic (exact) mass is 484 g/mol. The van der Waals surface area contributed by atoms with Crippen LogP contribution in [0.4, 0.5) is 10.8 Å². The highest BCUT2D eigenvalue weighted by molar-refractivity contribution is 7.14. The van der Waals surface area contributed by atoms with E-state index in [1.165, 1.54) is 18.3 Å². The molecular formula is C27H24N4O3S. The molecule has 1 aromatic heterocycles. The number of thiazole rings is 1. The molecule has 0 bridgehead atoms. The number of benzene rings is 3. The van der Waals surface area contributed by atoms with Crippen molar-refractivity contribution in [3.05, 3.63) is 101 Å². The normalized spacial score (nSPS) is 11.4. The highest BCUT2D eigenvalue weighted by atomic mass is 32.1. The molecule has 7 nitrogen and oxygen atoms in total. The van der Waals surface area contributed by atoms with Gasteiger partial charge < -0.3 is 10.6 Å². The highest BCUT2D eigenvalue weighted by Gasteiger charge is 2.12. The van der Waals surface area contributed by atoms with Crippen LogP contribution in [0.25, 0.3) is 11.3 Å². The van der Waals surface area contributed by atoms with Gasteiger partial charge in [-0.25, -0.2) is 4.98 Å². The van der Waals surface area contributed by atoms with Gasteiger partial charge in [-0.15, -0.1) is 11.3 Å². The maximum absolute atomic E-state index is 12.7. The van der Waals surface area contributed by atoms with Crippen LogP contribution in [-0.2, 0) is 4.79 Å². The Balaban J connectivity index is 1.36. The van der Waals surface area contributed by atoms with Crippen molar-refractivity contribution in [2.75, 3.05) is 10.6 Å². The number of nitrogens with one attached hydrogen (secondary N) is 3. The molecule has 0 spiro atoms. The van der Waals surface area contributed by atoms with Crippen LogP contribution in [0.5, 0.6) is 0 Å². The lowest BCUT2D eigenvalue weighted by Crippen LogP contribution is -2.23. The van der Waals surface area contributed by atoms with Crippen LogP contribution in [0.2, 0.25) is 0 Å². The van der Waals surface area contributed by atoms with E-state index >= 15 is 0 Å². The summed E-state index contributed by atoms with van der Waals surface area (Å²) in [4.78, 5) is 40.7. The van der Waals surface area contributed by atoms with Gasteiger partial charge in [-0.1, -0.05) is 42.5 Å². The zero-order valence-corrected chi connectivity index (χ0v) is 20.1. The third-order valence-corrected chi connectivity index (χ3v) is 6.05. The molecule has 8 heteroatoms. The molecule has 1 unspecified atom stereocenters. The van der Waals surface area contributed by atoms with Crippen LogP contribution in [0.1, 0.15) is 46.2 Å². The van der Waals surface area contributed by atoms with E-state index in [4.69, 9.17) is 0 Å². The van der Waals surface area contributed by atoms with Gasteiger partial charge in [0.1, 0.15) is 0 Å². The first-order valence-electron chi connectivity index (χ1n) is 11.0. The Morgan fingerprint density at radius 2 is 1.43 bits per heavy atom. The summed E-state index contributed by atoms with van der Waals surface area (Å²) in [6.45, 7) is 3.42. The number of hydrogen-bond donors (Lipinski definition) is 3. The van der Waals surface area contributed by atoms with Gasteiger partial charge >= 0.3 is 0 Å². The second-order valence-electron chi connectivity index (χ2n) is 7.93. The topological polar surface area (TPSA) is 100 Å². The summed E-state index contributed by atoms with van der Waals surface area (Å²) in [6, 6.07) is 23.3. The molecular weight excluding hydrogens is 460 g/mol. The maximum Gasteiger partial charge on any atom is 0.257 e. The third kappa shape index (κ3) is 6.18. The van der Waals surface area contributed by atoms with E-state index in [1.807, 2.05) is 42.6 Å². The predicted molar refractivity (Wildman–Crippen MR) is 139 cm³/mol. The quantitative estimate of drug-likeness (QED) is 0.322. The van der Waals surface area contributed by atoms with E-state index < -0.39 is 0 Å². The van der Waals surface area contributed by atoms with Gasteiger partial charge in [0, 0.05) is 34.7 Å². The molecule has 1 atom stereocenters. The minimum Gasteiger partial charge on any atom is -0.350 e. The van der Waals surface area contributed by atoms with Crippen LogP contribution < -0.4 is 16.0 Å². The molecule has 0 aliphatic rings. The van der Waals surface area contributed by atoms with Crippen molar-refractivity contribution in [1.82, 2.24) is 10.3 Å². The van der Waals surface area contributed by atoms with E-state index in [-0.39, 0.29) is 23.8 Å². The van der Waals surface area contributed by atoms with Gasteiger partial charge in [-0.2, -0.15) is 0 Å². The van der Waals surface area contributed by atoms with E-state index in [2.05, 4.69) is 20.9 Å². The number of amides is 3. The first-order chi connectivity index (χ1) is 16.9. The molecule has 35 heavy (non-hydrogen) atoms. The van der Waals surface area contributed by atoms with Crippen LogP contribution >= 0.6 is 11.3 Å². The SMILES string of the molecule is CC(=O)NC(C)c1ccc(-c2csc(NC(=O)c3ccc(NC(=O)c4ccccc4)cc3)n2)cc1. The first-order valence-corrected chi connectivity index (χ1v) is 11.9. The zero-order valence-electron chi connectivity index (χ0n) is 19.2. The Labute approximate surface area is 207 Å². The Bertz CT molecular complexity index is 1330. The summed E-state index contributed by atoms with van der Waals surface area (Å²) < 4.78 is 0. The van der Waals surface area contributed by atoms with Crippen molar-refractivity contribution in [3.63, 3.8) is 0 Å². The molecule has 0 aliphatic carbocycles. The predicted octanol–water partition coefficient (Wildman–Crippen LogP) is 5.51. The summed E-state index contributed by atoms with van der Waals surface area (Å²) in [7, 11) is 0. The molecule has 0 fully saturated rings. The van der Waals surface area contributed by atoms with Gasteiger partial charge in [-0.3, -0.25) is 19.7 Å². The molecule has 4 rings (SSSR count). The zero-order chi connectivity index (χ0) is 24.8. The number of anilines is 2. The summed E-state index contributed by atoms with van der Waals surface area (Å²) in [5.74, 6) is -0.574. The summed E-state index contributed by atoms with van der Waals surface area (Å²) >= 11 is 1.34. The lowest BCUT2D eigenvalue weighted by Gasteiger charge is -2.13. The average molecular weight is 485 g/mol. The second-order valence-corrected chi connectivity index (χ2v) is 8.79. The number of hydrogen-bond acceptors (Lipinski definition) is 5. The summed E-state index contributed by atoms with van der Waals surface area (Å²) in [5, 5.41) is 10.9. The molecule has 3 amide bonds. The van der Waals surface area contributed by atoms with Crippen LogP contribution in [0.15, 0.2) is 84.2 Å². The first kappa shape index (κ1) is 23.8. The number of rotatable bonds is 7. The number of nitrogens with zero attached hydrogens (tertiary/aromatic N) is 1. The molecule has 1 heterocycles. The maximum atomic E-state index is 12.7. The Hall–Kier alpha value is -4.30. The lowest BCUT2D eigenvalue weighted by molar-refractivity contribution is -0.119. The molecule has 3 aromatic carbocycles. The summed E-state index contributed by atoms with van der Waals surface area (Å²) in [5.41, 5.74) is 4.28. The van der Waals surface area contributed by atoms with Crippen LogP contribution in [0.3, 0.4) is 0 Å². The molecule has 0 radical (unpaired) electrons. The minimum atomic E-state index is -0.286. The van der Waals surface area contributed by atoms with E-state index in [1.54, 1.807) is 48.5 Å². The van der Waals surface area contributed by atoms with Crippen LogP contribution in [0, 0.1) is 0 Å².